The second-order valence-electron chi connectivity index (χ2n) is 4.58. The molecule has 3 heteroatoms. The quantitative estimate of drug-likeness (QED) is 0.755. The number of aromatic nitrogens is 2. The third-order valence-electron chi connectivity index (χ3n) is 3.47. The number of fused-ring (bicyclic) bond motifs is 1. The van der Waals surface area contributed by atoms with E-state index in [-0.39, 0.29) is 11.7 Å². The van der Waals surface area contributed by atoms with Crippen molar-refractivity contribution in [1.82, 2.24) is 9.97 Å². The molecule has 0 aliphatic heterocycles. The van der Waals surface area contributed by atoms with E-state index in [0.29, 0.717) is 5.82 Å². The maximum absolute atomic E-state index is 12.4. The summed E-state index contributed by atoms with van der Waals surface area (Å²) in [4.78, 5) is 20.6. The lowest BCUT2D eigenvalue weighted by atomic mass is 9.80. The minimum Gasteiger partial charge on any atom is -0.290 e. The molecule has 3 rings (SSSR count). The van der Waals surface area contributed by atoms with E-state index in [2.05, 4.69) is 22.1 Å². The van der Waals surface area contributed by atoms with Crippen LogP contribution in [0.1, 0.15) is 40.5 Å². The molecule has 0 radical (unpaired) electrons. The lowest BCUT2D eigenvalue weighted by Gasteiger charge is -2.23. The van der Waals surface area contributed by atoms with Gasteiger partial charge in [0.2, 0.25) is 5.78 Å². The number of hydrogen-bond donors (Lipinski definition) is 0. The van der Waals surface area contributed by atoms with Crippen LogP contribution in [0, 0.1) is 0 Å². The van der Waals surface area contributed by atoms with Crippen LogP contribution in [-0.4, -0.2) is 15.8 Å². The molecule has 0 saturated heterocycles. The van der Waals surface area contributed by atoms with E-state index < -0.39 is 0 Å². The molecule has 0 saturated carbocycles. The van der Waals surface area contributed by atoms with Gasteiger partial charge in [-0.25, -0.2) is 9.97 Å². The van der Waals surface area contributed by atoms with Crippen molar-refractivity contribution in [2.24, 2.45) is 0 Å². The molecule has 0 spiro atoms. The van der Waals surface area contributed by atoms with Crippen molar-refractivity contribution in [1.29, 1.82) is 0 Å². The average molecular weight is 238 g/mol. The molecule has 0 N–H and O–H groups in total. The number of benzene rings is 1. The zero-order valence-corrected chi connectivity index (χ0v) is 10.0. The highest BCUT2D eigenvalue weighted by atomic mass is 16.1. The Morgan fingerprint density at radius 2 is 1.89 bits per heavy atom. The van der Waals surface area contributed by atoms with Crippen LogP contribution in [0.15, 0.2) is 42.7 Å². The van der Waals surface area contributed by atoms with Gasteiger partial charge in [-0.3, -0.25) is 4.79 Å². The Bertz CT molecular complexity index is 566. The fourth-order valence-corrected chi connectivity index (χ4v) is 2.61. The number of aryl methyl sites for hydroxylation is 1. The Morgan fingerprint density at radius 1 is 1.11 bits per heavy atom. The molecule has 1 heterocycles. The lowest BCUT2D eigenvalue weighted by molar-refractivity contribution is 0.0940. The number of rotatable bonds is 2. The summed E-state index contributed by atoms with van der Waals surface area (Å²) in [7, 11) is 0. The highest BCUT2D eigenvalue weighted by molar-refractivity contribution is 5.98. The molecule has 0 fully saturated rings. The molecular formula is C15H14N2O. The van der Waals surface area contributed by atoms with Crippen LogP contribution >= 0.6 is 0 Å². The van der Waals surface area contributed by atoms with E-state index in [1.807, 2.05) is 12.1 Å². The first-order valence-corrected chi connectivity index (χ1v) is 6.25. The molecule has 3 nitrogen and oxygen atoms in total. The van der Waals surface area contributed by atoms with E-state index in [1.54, 1.807) is 18.5 Å². The van der Waals surface area contributed by atoms with Crippen LogP contribution in [0.5, 0.6) is 0 Å². The number of carbonyl (C=O) groups excluding carboxylic acids is 1. The fourth-order valence-electron chi connectivity index (χ4n) is 2.61. The van der Waals surface area contributed by atoms with Gasteiger partial charge in [-0.2, -0.15) is 0 Å². The third kappa shape index (κ3) is 1.92. The van der Waals surface area contributed by atoms with E-state index in [1.165, 1.54) is 5.56 Å². The summed E-state index contributed by atoms with van der Waals surface area (Å²) in [6, 6.07) is 9.92. The molecule has 1 aromatic carbocycles. The van der Waals surface area contributed by atoms with Gasteiger partial charge in [0.25, 0.3) is 0 Å². The first-order chi connectivity index (χ1) is 8.86. The molecule has 2 aromatic rings. The van der Waals surface area contributed by atoms with E-state index in [9.17, 15) is 4.79 Å². The molecule has 1 aliphatic rings. The highest BCUT2D eigenvalue weighted by Crippen LogP contribution is 2.33. The highest BCUT2D eigenvalue weighted by Gasteiger charge is 2.28. The second kappa shape index (κ2) is 4.69. The average Bonchev–Trinajstić information content (AvgIpc) is 2.47. The Kier molecular flexibility index (Phi) is 2.89. The molecule has 1 aromatic heterocycles. The predicted octanol–water partition coefficient (Wildman–Crippen LogP) is 2.78. The molecule has 18 heavy (non-hydrogen) atoms. The van der Waals surface area contributed by atoms with Crippen molar-refractivity contribution < 1.29 is 4.79 Å². The van der Waals surface area contributed by atoms with Crippen LogP contribution in [0.25, 0.3) is 0 Å². The Balaban J connectivity index is 1.97. The van der Waals surface area contributed by atoms with E-state index in [4.69, 9.17) is 0 Å². The zero-order chi connectivity index (χ0) is 12.4. The van der Waals surface area contributed by atoms with Gasteiger partial charge in [0, 0.05) is 12.4 Å². The number of hydrogen-bond acceptors (Lipinski definition) is 3. The van der Waals surface area contributed by atoms with Crippen molar-refractivity contribution in [3.63, 3.8) is 0 Å². The largest absolute Gasteiger partial charge is 0.290 e. The summed E-state index contributed by atoms with van der Waals surface area (Å²) < 4.78 is 0. The minimum absolute atomic E-state index is 0.0442. The third-order valence-corrected chi connectivity index (χ3v) is 3.47. The normalized spacial score (nSPS) is 18.1. The van der Waals surface area contributed by atoms with Gasteiger partial charge in [-0.1, -0.05) is 24.3 Å². The Labute approximate surface area is 106 Å². The lowest BCUT2D eigenvalue weighted by Crippen LogP contribution is -2.20. The van der Waals surface area contributed by atoms with Crippen LogP contribution in [0.3, 0.4) is 0 Å². The minimum atomic E-state index is -0.0719. The second-order valence-corrected chi connectivity index (χ2v) is 4.58. The SMILES string of the molecule is O=C(c1ncccn1)C1CCCc2ccccc21. The van der Waals surface area contributed by atoms with E-state index in [0.717, 1.165) is 24.8 Å². The van der Waals surface area contributed by atoms with Gasteiger partial charge in [0.1, 0.15) is 0 Å². The molecule has 0 amide bonds. The molecule has 90 valence electrons. The van der Waals surface area contributed by atoms with Gasteiger partial charge in [0.15, 0.2) is 5.82 Å². The zero-order valence-electron chi connectivity index (χ0n) is 10.0. The number of nitrogens with zero attached hydrogens (tertiary/aromatic N) is 2. The maximum atomic E-state index is 12.4. The van der Waals surface area contributed by atoms with Crippen molar-refractivity contribution in [2.75, 3.05) is 0 Å². The predicted molar refractivity (Wildman–Crippen MR) is 68.5 cm³/mol. The van der Waals surface area contributed by atoms with Crippen LogP contribution < -0.4 is 0 Å². The standard InChI is InChI=1S/C15H14N2O/c18-14(15-16-9-4-10-17-15)13-8-3-6-11-5-1-2-7-12(11)13/h1-2,4-5,7,9-10,13H,3,6,8H2. The van der Waals surface area contributed by atoms with E-state index >= 15 is 0 Å². The molecular weight excluding hydrogens is 224 g/mol. The molecule has 1 aliphatic carbocycles. The van der Waals surface area contributed by atoms with Crippen molar-refractivity contribution in [3.05, 3.63) is 59.7 Å². The summed E-state index contributed by atoms with van der Waals surface area (Å²) in [6.45, 7) is 0. The molecule has 0 bridgehead atoms. The van der Waals surface area contributed by atoms with Crippen LogP contribution in [0.2, 0.25) is 0 Å². The first kappa shape index (κ1) is 11.1. The maximum Gasteiger partial charge on any atom is 0.207 e. The van der Waals surface area contributed by atoms with Gasteiger partial charge < -0.3 is 0 Å². The number of ketones is 1. The molecule has 1 unspecified atom stereocenters. The van der Waals surface area contributed by atoms with Gasteiger partial charge in [0.05, 0.1) is 5.92 Å². The Morgan fingerprint density at radius 3 is 2.72 bits per heavy atom. The monoisotopic (exact) mass is 238 g/mol. The van der Waals surface area contributed by atoms with Crippen LogP contribution in [-0.2, 0) is 6.42 Å². The smallest absolute Gasteiger partial charge is 0.207 e. The Hall–Kier alpha value is -2.03. The van der Waals surface area contributed by atoms with Crippen molar-refractivity contribution in [2.45, 2.75) is 25.2 Å². The summed E-state index contributed by atoms with van der Waals surface area (Å²) in [5.74, 6) is 0.305. The van der Waals surface area contributed by atoms with Gasteiger partial charge >= 0.3 is 0 Å². The van der Waals surface area contributed by atoms with Crippen LogP contribution in [0.4, 0.5) is 0 Å². The van der Waals surface area contributed by atoms with Crippen molar-refractivity contribution in [3.8, 4) is 0 Å². The fraction of sp³-hybridized carbons (Fsp3) is 0.267. The summed E-state index contributed by atoms with van der Waals surface area (Å²) >= 11 is 0. The van der Waals surface area contributed by atoms with Gasteiger partial charge in [-0.05, 0) is 36.5 Å². The summed E-state index contributed by atoms with van der Waals surface area (Å²) in [5, 5.41) is 0. The van der Waals surface area contributed by atoms with Gasteiger partial charge in [-0.15, -0.1) is 0 Å². The summed E-state index contributed by atoms with van der Waals surface area (Å²) in [5.41, 5.74) is 2.44. The van der Waals surface area contributed by atoms with Crippen molar-refractivity contribution >= 4 is 5.78 Å². The number of carbonyl (C=O) groups is 1. The topological polar surface area (TPSA) is 42.9 Å². The first-order valence-electron chi connectivity index (χ1n) is 6.25. The summed E-state index contributed by atoms with van der Waals surface area (Å²) in [6.07, 6.45) is 6.26. The molecule has 1 atom stereocenters. The number of Topliss-reactive ketones (excluding diaryl/α,β-unsaturated/α-hetero) is 1.